The maximum atomic E-state index is 12.6. The number of allylic oxidation sites excluding steroid dienone is 6. The molecule has 0 heterocycles. The molecule has 0 aromatic carbocycles. The SMILES string of the molecule is CC(C)=CC(=O)/C=C(\C)[C@H]1CCC=C(C)[C@H]1C(=O)CC(C)C. The molecule has 0 radical (unpaired) electrons. The number of hydrogen-bond donors (Lipinski definition) is 0. The maximum absolute atomic E-state index is 12.6. The van der Waals surface area contributed by atoms with Gasteiger partial charge in [-0.2, -0.15) is 0 Å². The van der Waals surface area contributed by atoms with Crippen LogP contribution in [0.3, 0.4) is 0 Å². The third-order valence-corrected chi connectivity index (χ3v) is 4.18. The first-order valence-corrected chi connectivity index (χ1v) is 8.28. The Balaban J connectivity index is 3.01. The number of ketones is 2. The molecule has 2 nitrogen and oxygen atoms in total. The minimum Gasteiger partial charge on any atom is -0.299 e. The Morgan fingerprint density at radius 1 is 1.23 bits per heavy atom. The molecule has 0 amide bonds. The average Bonchev–Trinajstić information content (AvgIpc) is 2.35. The lowest BCUT2D eigenvalue weighted by Crippen LogP contribution is -2.29. The molecule has 0 saturated heterocycles. The minimum absolute atomic E-state index is 0.0276. The fraction of sp³-hybridized carbons (Fsp3) is 0.600. The van der Waals surface area contributed by atoms with Crippen LogP contribution in [0.15, 0.2) is 34.9 Å². The van der Waals surface area contributed by atoms with E-state index in [2.05, 4.69) is 26.8 Å². The van der Waals surface area contributed by atoms with Gasteiger partial charge in [0.1, 0.15) is 5.78 Å². The standard InChI is InChI=1S/C20H30O2/c1-13(2)10-17(21)12-16(6)18-9-7-8-15(5)20(18)19(22)11-14(3)4/h8,10,12,14,18,20H,7,9,11H2,1-6H3/b16-12+/t18-,20-/m1/s1. The Labute approximate surface area is 135 Å². The van der Waals surface area contributed by atoms with Gasteiger partial charge in [-0.3, -0.25) is 9.59 Å². The predicted octanol–water partition coefficient (Wildman–Crippen LogP) is 5.06. The minimum atomic E-state index is -0.0492. The predicted molar refractivity (Wildman–Crippen MR) is 92.6 cm³/mol. The highest BCUT2D eigenvalue weighted by Crippen LogP contribution is 2.37. The highest BCUT2D eigenvalue weighted by atomic mass is 16.1. The first-order valence-electron chi connectivity index (χ1n) is 8.28. The number of hydrogen-bond acceptors (Lipinski definition) is 2. The largest absolute Gasteiger partial charge is 0.299 e. The number of carbonyl (C=O) groups is 2. The molecule has 0 unspecified atom stereocenters. The molecule has 0 saturated carbocycles. The van der Waals surface area contributed by atoms with Crippen LogP contribution >= 0.6 is 0 Å². The highest BCUT2D eigenvalue weighted by molar-refractivity contribution is 6.00. The van der Waals surface area contributed by atoms with Crippen molar-refractivity contribution < 1.29 is 9.59 Å². The Hall–Kier alpha value is -1.44. The van der Waals surface area contributed by atoms with E-state index in [1.54, 1.807) is 12.2 Å². The summed E-state index contributed by atoms with van der Waals surface area (Å²) < 4.78 is 0. The van der Waals surface area contributed by atoms with Crippen LogP contribution in [0, 0.1) is 17.8 Å². The van der Waals surface area contributed by atoms with Crippen LogP contribution in [-0.4, -0.2) is 11.6 Å². The molecule has 0 fully saturated rings. The third kappa shape index (κ3) is 5.40. The molecule has 0 N–H and O–H groups in total. The van der Waals surface area contributed by atoms with Crippen LogP contribution in [0.4, 0.5) is 0 Å². The van der Waals surface area contributed by atoms with Gasteiger partial charge in [-0.15, -0.1) is 0 Å². The molecule has 1 aliphatic rings. The van der Waals surface area contributed by atoms with E-state index in [0.29, 0.717) is 18.1 Å². The average molecular weight is 302 g/mol. The van der Waals surface area contributed by atoms with Crippen LogP contribution in [0.1, 0.15) is 60.8 Å². The topological polar surface area (TPSA) is 34.1 Å². The van der Waals surface area contributed by atoms with E-state index < -0.39 is 0 Å². The molecular formula is C20H30O2. The lowest BCUT2D eigenvalue weighted by molar-refractivity contribution is -0.123. The number of rotatable bonds is 6. The zero-order chi connectivity index (χ0) is 16.9. The van der Waals surface area contributed by atoms with Gasteiger partial charge in [0.05, 0.1) is 0 Å². The van der Waals surface area contributed by atoms with Gasteiger partial charge in [-0.1, -0.05) is 36.6 Å². The monoisotopic (exact) mass is 302 g/mol. The van der Waals surface area contributed by atoms with E-state index in [-0.39, 0.29) is 17.6 Å². The van der Waals surface area contributed by atoms with E-state index in [9.17, 15) is 9.59 Å². The summed E-state index contributed by atoms with van der Waals surface area (Å²) in [6, 6.07) is 0. The van der Waals surface area contributed by atoms with Crippen molar-refractivity contribution in [3.8, 4) is 0 Å². The van der Waals surface area contributed by atoms with Crippen molar-refractivity contribution in [2.24, 2.45) is 17.8 Å². The summed E-state index contributed by atoms with van der Waals surface area (Å²) in [5.74, 6) is 0.841. The molecule has 1 aliphatic carbocycles. The van der Waals surface area contributed by atoms with E-state index in [0.717, 1.165) is 24.0 Å². The summed E-state index contributed by atoms with van der Waals surface area (Å²) in [5.41, 5.74) is 3.21. The molecule has 0 aromatic rings. The molecule has 0 aliphatic heterocycles. The second-order valence-electron chi connectivity index (χ2n) is 7.19. The second kappa shape index (κ2) is 8.26. The quantitative estimate of drug-likeness (QED) is 0.508. The highest BCUT2D eigenvalue weighted by Gasteiger charge is 2.32. The van der Waals surface area contributed by atoms with Gasteiger partial charge >= 0.3 is 0 Å². The molecule has 2 heteroatoms. The van der Waals surface area contributed by atoms with E-state index in [1.807, 2.05) is 20.8 Å². The Kier molecular flexibility index (Phi) is 6.99. The zero-order valence-corrected chi connectivity index (χ0v) is 14.9. The van der Waals surface area contributed by atoms with Crippen LogP contribution in [0.25, 0.3) is 0 Å². The normalized spacial score (nSPS) is 22.3. The van der Waals surface area contributed by atoms with E-state index in [4.69, 9.17) is 0 Å². The molecule has 22 heavy (non-hydrogen) atoms. The van der Waals surface area contributed by atoms with Crippen molar-refractivity contribution in [3.05, 3.63) is 34.9 Å². The Morgan fingerprint density at radius 3 is 2.41 bits per heavy atom. The van der Waals surface area contributed by atoms with Crippen LogP contribution < -0.4 is 0 Å². The number of Topliss-reactive ketones (excluding diaryl/α,β-unsaturated/α-hetero) is 1. The van der Waals surface area contributed by atoms with E-state index in [1.165, 1.54) is 5.57 Å². The molecule has 0 bridgehead atoms. The number of carbonyl (C=O) groups excluding carboxylic acids is 2. The van der Waals surface area contributed by atoms with Crippen molar-refractivity contribution in [3.63, 3.8) is 0 Å². The van der Waals surface area contributed by atoms with Gasteiger partial charge in [0.15, 0.2) is 5.78 Å². The molecule has 0 aromatic heterocycles. The van der Waals surface area contributed by atoms with Gasteiger partial charge in [-0.05, 0) is 64.5 Å². The molecule has 1 rings (SSSR count). The first kappa shape index (κ1) is 18.6. The van der Waals surface area contributed by atoms with Crippen molar-refractivity contribution in [1.82, 2.24) is 0 Å². The third-order valence-electron chi connectivity index (χ3n) is 4.18. The van der Waals surface area contributed by atoms with Crippen molar-refractivity contribution in [2.75, 3.05) is 0 Å². The molecule has 122 valence electrons. The summed E-state index contributed by atoms with van der Waals surface area (Å²) in [6.07, 6.45) is 8.11. The van der Waals surface area contributed by atoms with Gasteiger partial charge in [-0.25, -0.2) is 0 Å². The van der Waals surface area contributed by atoms with Gasteiger partial charge < -0.3 is 0 Å². The Morgan fingerprint density at radius 2 is 1.86 bits per heavy atom. The van der Waals surface area contributed by atoms with Crippen LogP contribution in [-0.2, 0) is 9.59 Å². The van der Waals surface area contributed by atoms with Crippen molar-refractivity contribution >= 4 is 11.6 Å². The van der Waals surface area contributed by atoms with Crippen LogP contribution in [0.2, 0.25) is 0 Å². The smallest absolute Gasteiger partial charge is 0.178 e. The molecular weight excluding hydrogens is 272 g/mol. The summed E-state index contributed by atoms with van der Waals surface area (Å²) in [7, 11) is 0. The van der Waals surface area contributed by atoms with Crippen molar-refractivity contribution in [2.45, 2.75) is 60.8 Å². The van der Waals surface area contributed by atoms with Gasteiger partial charge in [0.25, 0.3) is 0 Å². The fourth-order valence-corrected chi connectivity index (χ4v) is 3.26. The summed E-state index contributed by atoms with van der Waals surface area (Å²) >= 11 is 0. The van der Waals surface area contributed by atoms with Gasteiger partial charge in [0.2, 0.25) is 0 Å². The van der Waals surface area contributed by atoms with Crippen molar-refractivity contribution in [1.29, 1.82) is 0 Å². The maximum Gasteiger partial charge on any atom is 0.178 e. The summed E-state index contributed by atoms with van der Waals surface area (Å²) in [4.78, 5) is 24.6. The van der Waals surface area contributed by atoms with Crippen LogP contribution in [0.5, 0.6) is 0 Å². The van der Waals surface area contributed by atoms with Gasteiger partial charge in [0, 0.05) is 12.3 Å². The summed E-state index contributed by atoms with van der Waals surface area (Å²) in [5, 5.41) is 0. The van der Waals surface area contributed by atoms with E-state index >= 15 is 0 Å². The molecule has 2 atom stereocenters. The summed E-state index contributed by atoms with van der Waals surface area (Å²) in [6.45, 7) is 12.1. The second-order valence-corrected chi connectivity index (χ2v) is 7.19. The fourth-order valence-electron chi connectivity index (χ4n) is 3.26. The Bertz CT molecular complexity index is 514. The first-order chi connectivity index (χ1) is 10.2. The lowest BCUT2D eigenvalue weighted by Gasteiger charge is -2.31. The zero-order valence-electron chi connectivity index (χ0n) is 14.9. The lowest BCUT2D eigenvalue weighted by atomic mass is 9.72. The molecule has 0 spiro atoms.